The van der Waals surface area contributed by atoms with E-state index in [0.29, 0.717) is 11.9 Å². The number of hydrogen-bond donors (Lipinski definition) is 2. The van der Waals surface area contributed by atoms with Crippen molar-refractivity contribution in [3.05, 3.63) is 40.4 Å². The van der Waals surface area contributed by atoms with Crippen LogP contribution in [-0.4, -0.2) is 42.8 Å². The van der Waals surface area contributed by atoms with Crippen LogP contribution in [0.1, 0.15) is 5.82 Å². The smallest absolute Gasteiger partial charge is 0.262 e. The van der Waals surface area contributed by atoms with E-state index >= 15 is 0 Å². The molecule has 0 amide bonds. The van der Waals surface area contributed by atoms with Gasteiger partial charge in [-0.15, -0.1) is 0 Å². The lowest BCUT2D eigenvalue weighted by Crippen LogP contribution is -3.26. The van der Waals surface area contributed by atoms with Gasteiger partial charge in [-0.1, -0.05) is 12.1 Å². The van der Waals surface area contributed by atoms with E-state index in [2.05, 4.69) is 18.1 Å². The number of nitriles is 1. The monoisotopic (exact) mass is 299 g/mol. The minimum absolute atomic E-state index is 0.0600. The molecule has 2 aromatic rings. The third-order valence-corrected chi connectivity index (χ3v) is 4.39. The molecule has 0 aliphatic carbocycles. The second-order valence-electron chi connectivity index (χ2n) is 5.98. The first-order valence-corrected chi connectivity index (χ1v) is 7.69. The van der Waals surface area contributed by atoms with Crippen LogP contribution in [-0.2, 0) is 13.1 Å². The molecule has 1 aliphatic heterocycles. The van der Waals surface area contributed by atoms with Crippen molar-refractivity contribution in [2.45, 2.75) is 13.1 Å². The van der Waals surface area contributed by atoms with Crippen molar-refractivity contribution in [3.8, 4) is 6.07 Å². The van der Waals surface area contributed by atoms with E-state index < -0.39 is 0 Å². The maximum atomic E-state index is 12.6. The molecular weight excluding hydrogens is 278 g/mol. The van der Waals surface area contributed by atoms with E-state index in [9.17, 15) is 4.79 Å². The number of likely N-dealkylation sites (N-methyl/N-ethyl adjacent to an activating group) is 1. The summed E-state index contributed by atoms with van der Waals surface area (Å²) >= 11 is 0. The molecule has 6 nitrogen and oxygen atoms in total. The zero-order valence-corrected chi connectivity index (χ0v) is 12.8. The largest absolute Gasteiger partial charge is 0.328 e. The summed E-state index contributed by atoms with van der Waals surface area (Å²) in [6, 6.07) is 9.44. The molecule has 1 aromatic carbocycles. The van der Waals surface area contributed by atoms with E-state index in [1.165, 1.54) is 9.47 Å². The zero-order valence-electron chi connectivity index (χ0n) is 12.8. The predicted octanol–water partition coefficient (Wildman–Crippen LogP) is -2.17. The van der Waals surface area contributed by atoms with Gasteiger partial charge in [0.05, 0.1) is 24.0 Å². The van der Waals surface area contributed by atoms with Crippen LogP contribution in [0.2, 0.25) is 0 Å². The first-order valence-electron chi connectivity index (χ1n) is 7.69. The van der Waals surface area contributed by atoms with Gasteiger partial charge in [0, 0.05) is 0 Å². The highest BCUT2D eigenvalue weighted by molar-refractivity contribution is 5.77. The average Bonchev–Trinajstić information content (AvgIpc) is 2.53. The molecule has 3 rings (SSSR count). The highest BCUT2D eigenvalue weighted by Gasteiger charge is 2.22. The molecule has 0 unspecified atom stereocenters. The predicted molar refractivity (Wildman–Crippen MR) is 82.6 cm³/mol. The Morgan fingerprint density at radius 1 is 1.27 bits per heavy atom. The fourth-order valence-electron chi connectivity index (χ4n) is 3.01. The summed E-state index contributed by atoms with van der Waals surface area (Å²) < 4.78 is 1.53. The van der Waals surface area contributed by atoms with Crippen molar-refractivity contribution >= 4 is 10.9 Å². The molecule has 114 valence electrons. The van der Waals surface area contributed by atoms with Gasteiger partial charge in [-0.2, -0.15) is 5.26 Å². The summed E-state index contributed by atoms with van der Waals surface area (Å²) in [6.07, 6.45) is 0. The second kappa shape index (κ2) is 6.26. The zero-order chi connectivity index (χ0) is 15.5. The summed E-state index contributed by atoms with van der Waals surface area (Å²) in [5, 5.41) is 9.62. The Morgan fingerprint density at radius 3 is 2.73 bits per heavy atom. The van der Waals surface area contributed by atoms with Crippen LogP contribution in [0.5, 0.6) is 0 Å². The molecule has 0 radical (unpaired) electrons. The van der Waals surface area contributed by atoms with Gasteiger partial charge >= 0.3 is 0 Å². The maximum absolute atomic E-state index is 12.6. The lowest BCUT2D eigenvalue weighted by atomic mass is 10.2. The van der Waals surface area contributed by atoms with Crippen molar-refractivity contribution < 1.29 is 9.80 Å². The van der Waals surface area contributed by atoms with Crippen LogP contribution in [0.15, 0.2) is 29.1 Å². The number of fused-ring (bicyclic) bond motifs is 1. The Hall–Kier alpha value is -2.23. The normalized spacial score (nSPS) is 21.6. The van der Waals surface area contributed by atoms with Crippen molar-refractivity contribution in [3.63, 3.8) is 0 Å². The van der Waals surface area contributed by atoms with E-state index in [-0.39, 0.29) is 12.1 Å². The van der Waals surface area contributed by atoms with Gasteiger partial charge in [-0.3, -0.25) is 9.36 Å². The average molecular weight is 299 g/mol. The van der Waals surface area contributed by atoms with Gasteiger partial charge in [0.15, 0.2) is 5.82 Å². The second-order valence-corrected chi connectivity index (χ2v) is 5.98. The highest BCUT2D eigenvalue weighted by atomic mass is 16.1. The number of benzene rings is 1. The van der Waals surface area contributed by atoms with E-state index in [1.54, 1.807) is 11.0 Å². The lowest BCUT2D eigenvalue weighted by Gasteiger charge is -2.27. The Morgan fingerprint density at radius 2 is 2.00 bits per heavy atom. The molecular formula is C16H21N5O+2. The van der Waals surface area contributed by atoms with Gasteiger partial charge in [0.2, 0.25) is 0 Å². The van der Waals surface area contributed by atoms with Crippen LogP contribution in [0, 0.1) is 11.3 Å². The highest BCUT2D eigenvalue weighted by Crippen LogP contribution is 2.07. The number of piperazine rings is 1. The molecule has 1 aromatic heterocycles. The van der Waals surface area contributed by atoms with Crippen LogP contribution in [0.4, 0.5) is 0 Å². The molecule has 0 bridgehead atoms. The van der Waals surface area contributed by atoms with Gasteiger partial charge in [0.1, 0.15) is 39.3 Å². The lowest BCUT2D eigenvalue weighted by molar-refractivity contribution is -1.01. The molecule has 1 fully saturated rings. The summed E-state index contributed by atoms with van der Waals surface area (Å²) in [4.78, 5) is 20.2. The van der Waals surface area contributed by atoms with Gasteiger partial charge in [0.25, 0.3) is 5.56 Å². The molecule has 0 spiro atoms. The summed E-state index contributed by atoms with van der Waals surface area (Å²) in [6.45, 7) is 5.17. The standard InChI is InChI=1S/C16H19N5O/c1-19-8-10-20(11-9-19)12-15-18-14-5-3-2-4-13(14)16(22)21(15)7-6-17/h2-5H,7-12H2,1H3/p+2. The quantitative estimate of drug-likeness (QED) is 0.678. The number of aromatic nitrogens is 2. The molecule has 2 heterocycles. The molecule has 1 saturated heterocycles. The number of hydrogen-bond acceptors (Lipinski definition) is 3. The first kappa shape index (κ1) is 14.7. The van der Waals surface area contributed by atoms with Gasteiger partial charge in [-0.05, 0) is 12.1 Å². The Labute approximate surface area is 129 Å². The molecule has 2 N–H and O–H groups in total. The number of para-hydroxylation sites is 1. The SMILES string of the molecule is C[NH+]1CC[NH+](Cc2nc3ccccc3c(=O)n2CC#N)CC1. The molecule has 22 heavy (non-hydrogen) atoms. The van der Waals surface area contributed by atoms with Crippen molar-refractivity contribution in [1.82, 2.24) is 9.55 Å². The van der Waals surface area contributed by atoms with E-state index in [1.807, 2.05) is 18.2 Å². The van der Waals surface area contributed by atoms with Crippen LogP contribution < -0.4 is 15.4 Å². The minimum atomic E-state index is -0.110. The topological polar surface area (TPSA) is 67.6 Å². The van der Waals surface area contributed by atoms with Crippen LogP contribution in [0.3, 0.4) is 0 Å². The Bertz CT molecular complexity index is 768. The third kappa shape index (κ3) is 2.86. The number of quaternary nitrogens is 2. The van der Waals surface area contributed by atoms with Crippen molar-refractivity contribution in [2.75, 3.05) is 33.2 Å². The summed E-state index contributed by atoms with van der Waals surface area (Å²) in [7, 11) is 2.21. The van der Waals surface area contributed by atoms with E-state index in [4.69, 9.17) is 5.26 Å². The molecule has 0 saturated carbocycles. The Balaban J connectivity index is 1.98. The van der Waals surface area contributed by atoms with Crippen LogP contribution >= 0.6 is 0 Å². The summed E-state index contributed by atoms with van der Waals surface area (Å²) in [5.74, 6) is 0.722. The fourth-order valence-corrected chi connectivity index (χ4v) is 3.01. The molecule has 6 heteroatoms. The van der Waals surface area contributed by atoms with Gasteiger partial charge < -0.3 is 9.80 Å². The van der Waals surface area contributed by atoms with Gasteiger partial charge in [-0.25, -0.2) is 4.98 Å². The molecule has 0 atom stereocenters. The third-order valence-electron chi connectivity index (χ3n) is 4.39. The first-order chi connectivity index (χ1) is 10.7. The fraction of sp³-hybridized carbons (Fsp3) is 0.438. The number of rotatable bonds is 3. The van der Waals surface area contributed by atoms with Crippen LogP contribution in [0.25, 0.3) is 10.9 Å². The maximum Gasteiger partial charge on any atom is 0.262 e. The number of nitrogens with one attached hydrogen (secondary N) is 2. The number of nitrogens with zero attached hydrogens (tertiary/aromatic N) is 3. The van der Waals surface area contributed by atoms with Crippen molar-refractivity contribution in [1.29, 1.82) is 5.26 Å². The van der Waals surface area contributed by atoms with E-state index in [0.717, 1.165) is 37.5 Å². The minimum Gasteiger partial charge on any atom is -0.328 e. The Kier molecular flexibility index (Phi) is 4.18. The summed E-state index contributed by atoms with van der Waals surface area (Å²) in [5.41, 5.74) is 0.608. The molecule has 1 aliphatic rings. The van der Waals surface area contributed by atoms with Crippen molar-refractivity contribution in [2.24, 2.45) is 0 Å².